The smallest absolute Gasteiger partial charge is 0.228 e. The molecule has 24 heavy (non-hydrogen) atoms. The summed E-state index contributed by atoms with van der Waals surface area (Å²) in [6.45, 7) is 9.52. The number of amides is 1. The van der Waals surface area contributed by atoms with Crippen molar-refractivity contribution in [3.63, 3.8) is 0 Å². The number of para-hydroxylation sites is 1. The summed E-state index contributed by atoms with van der Waals surface area (Å²) in [6.07, 6.45) is 2.53. The third-order valence-corrected chi connectivity index (χ3v) is 5.15. The van der Waals surface area contributed by atoms with E-state index in [2.05, 4.69) is 23.9 Å². The zero-order chi connectivity index (χ0) is 16.9. The van der Waals surface area contributed by atoms with Gasteiger partial charge in [0.1, 0.15) is 5.69 Å². The number of carbonyl (C=O) groups is 1. The van der Waals surface area contributed by atoms with E-state index in [4.69, 9.17) is 4.52 Å². The SMILES string of the molecule is CCN(CC)CC1CCN(C(=O)Cc2noc3ccccc23)CC1. The molecule has 1 aromatic carbocycles. The van der Waals surface area contributed by atoms with Gasteiger partial charge in [-0.1, -0.05) is 31.1 Å². The summed E-state index contributed by atoms with van der Waals surface area (Å²) in [4.78, 5) is 17.0. The van der Waals surface area contributed by atoms with E-state index in [0.717, 1.165) is 62.2 Å². The zero-order valence-corrected chi connectivity index (χ0v) is 14.7. The molecule has 0 spiro atoms. The highest BCUT2D eigenvalue weighted by molar-refractivity contribution is 5.86. The molecule has 0 aliphatic carbocycles. The average molecular weight is 329 g/mol. The van der Waals surface area contributed by atoms with Crippen LogP contribution in [-0.4, -0.2) is 53.6 Å². The van der Waals surface area contributed by atoms with Crippen LogP contribution in [0.1, 0.15) is 32.4 Å². The molecule has 0 N–H and O–H groups in total. The van der Waals surface area contributed by atoms with Crippen molar-refractivity contribution in [2.75, 3.05) is 32.7 Å². The average Bonchev–Trinajstić information content (AvgIpc) is 3.03. The standard InChI is InChI=1S/C19H27N3O2/c1-3-21(4-2)14-15-9-11-22(12-10-15)19(23)13-17-16-7-5-6-8-18(16)24-20-17/h5-8,15H,3-4,9-14H2,1-2H3. The van der Waals surface area contributed by atoms with Crippen LogP contribution < -0.4 is 0 Å². The highest BCUT2D eigenvalue weighted by Gasteiger charge is 2.24. The number of aromatic nitrogens is 1. The van der Waals surface area contributed by atoms with Crippen molar-refractivity contribution >= 4 is 16.9 Å². The first-order chi connectivity index (χ1) is 11.7. The molecule has 2 aromatic rings. The van der Waals surface area contributed by atoms with E-state index in [-0.39, 0.29) is 5.91 Å². The van der Waals surface area contributed by atoms with Crippen molar-refractivity contribution in [3.05, 3.63) is 30.0 Å². The Morgan fingerprint density at radius 3 is 2.67 bits per heavy atom. The van der Waals surface area contributed by atoms with Crippen molar-refractivity contribution in [1.82, 2.24) is 15.0 Å². The molecule has 0 bridgehead atoms. The van der Waals surface area contributed by atoms with Gasteiger partial charge in [0.05, 0.1) is 6.42 Å². The fourth-order valence-electron chi connectivity index (χ4n) is 3.53. The summed E-state index contributed by atoms with van der Waals surface area (Å²) in [7, 11) is 0. The van der Waals surface area contributed by atoms with E-state index < -0.39 is 0 Å². The van der Waals surface area contributed by atoms with Gasteiger partial charge in [-0.2, -0.15) is 0 Å². The fraction of sp³-hybridized carbons (Fsp3) is 0.579. The van der Waals surface area contributed by atoms with Gasteiger partial charge in [-0.25, -0.2) is 0 Å². The number of likely N-dealkylation sites (tertiary alicyclic amines) is 1. The van der Waals surface area contributed by atoms with Crippen molar-refractivity contribution in [3.8, 4) is 0 Å². The molecule has 0 saturated carbocycles. The van der Waals surface area contributed by atoms with Crippen LogP contribution in [0.25, 0.3) is 11.0 Å². The normalized spacial score (nSPS) is 16.2. The summed E-state index contributed by atoms with van der Waals surface area (Å²) in [5.41, 5.74) is 1.50. The van der Waals surface area contributed by atoms with Crippen molar-refractivity contribution in [2.45, 2.75) is 33.1 Å². The first kappa shape index (κ1) is 17.0. The van der Waals surface area contributed by atoms with Crippen LogP contribution in [0.15, 0.2) is 28.8 Å². The van der Waals surface area contributed by atoms with Crippen LogP contribution in [0.2, 0.25) is 0 Å². The molecule has 1 aromatic heterocycles. The number of fused-ring (bicyclic) bond motifs is 1. The summed E-state index contributed by atoms with van der Waals surface area (Å²) in [6, 6.07) is 7.71. The number of benzene rings is 1. The molecule has 5 heteroatoms. The van der Waals surface area contributed by atoms with Crippen LogP contribution in [0.4, 0.5) is 0 Å². The van der Waals surface area contributed by atoms with Gasteiger partial charge in [-0.15, -0.1) is 0 Å². The van der Waals surface area contributed by atoms with Gasteiger partial charge < -0.3 is 14.3 Å². The molecule has 1 saturated heterocycles. The van der Waals surface area contributed by atoms with E-state index >= 15 is 0 Å². The second-order valence-electron chi connectivity index (χ2n) is 6.61. The largest absolute Gasteiger partial charge is 0.356 e. The molecule has 0 unspecified atom stereocenters. The summed E-state index contributed by atoms with van der Waals surface area (Å²) in [5.74, 6) is 0.872. The third kappa shape index (κ3) is 3.78. The fourth-order valence-corrected chi connectivity index (χ4v) is 3.53. The van der Waals surface area contributed by atoms with Gasteiger partial charge in [0.15, 0.2) is 5.58 Å². The predicted octanol–water partition coefficient (Wildman–Crippen LogP) is 2.95. The van der Waals surface area contributed by atoms with E-state index in [9.17, 15) is 4.79 Å². The summed E-state index contributed by atoms with van der Waals surface area (Å²) >= 11 is 0. The van der Waals surface area contributed by atoms with Crippen LogP contribution in [-0.2, 0) is 11.2 Å². The van der Waals surface area contributed by atoms with Crippen LogP contribution in [0, 0.1) is 5.92 Å². The van der Waals surface area contributed by atoms with Crippen molar-refractivity contribution < 1.29 is 9.32 Å². The molecule has 5 nitrogen and oxygen atoms in total. The molecule has 2 heterocycles. The number of carbonyl (C=O) groups excluding carboxylic acids is 1. The lowest BCUT2D eigenvalue weighted by molar-refractivity contribution is -0.132. The highest BCUT2D eigenvalue weighted by Crippen LogP contribution is 2.22. The van der Waals surface area contributed by atoms with E-state index in [0.29, 0.717) is 12.3 Å². The predicted molar refractivity (Wildman–Crippen MR) is 94.8 cm³/mol. The lowest BCUT2D eigenvalue weighted by Crippen LogP contribution is -2.42. The maximum absolute atomic E-state index is 12.6. The lowest BCUT2D eigenvalue weighted by atomic mass is 9.95. The number of nitrogens with zero attached hydrogens (tertiary/aromatic N) is 3. The van der Waals surface area contributed by atoms with Gasteiger partial charge in [-0.05, 0) is 44.0 Å². The molecule has 3 rings (SSSR count). The molecule has 1 aliphatic rings. The second-order valence-corrected chi connectivity index (χ2v) is 6.61. The molecule has 1 aliphatic heterocycles. The van der Waals surface area contributed by atoms with Crippen molar-refractivity contribution in [2.24, 2.45) is 5.92 Å². The van der Waals surface area contributed by atoms with Crippen LogP contribution >= 0.6 is 0 Å². The Morgan fingerprint density at radius 2 is 1.96 bits per heavy atom. The van der Waals surface area contributed by atoms with Gasteiger partial charge in [0.25, 0.3) is 0 Å². The van der Waals surface area contributed by atoms with Crippen molar-refractivity contribution in [1.29, 1.82) is 0 Å². The molecular weight excluding hydrogens is 302 g/mol. The first-order valence-electron chi connectivity index (χ1n) is 9.04. The van der Waals surface area contributed by atoms with E-state index in [1.807, 2.05) is 29.2 Å². The number of hydrogen-bond acceptors (Lipinski definition) is 4. The number of hydrogen-bond donors (Lipinski definition) is 0. The van der Waals surface area contributed by atoms with Gasteiger partial charge in [-0.3, -0.25) is 4.79 Å². The molecule has 0 atom stereocenters. The van der Waals surface area contributed by atoms with Crippen LogP contribution in [0.3, 0.4) is 0 Å². The van der Waals surface area contributed by atoms with Gasteiger partial charge >= 0.3 is 0 Å². The van der Waals surface area contributed by atoms with Crippen LogP contribution in [0.5, 0.6) is 0 Å². The number of rotatable bonds is 6. The monoisotopic (exact) mass is 329 g/mol. The molecule has 130 valence electrons. The number of piperidine rings is 1. The van der Waals surface area contributed by atoms with E-state index in [1.54, 1.807) is 0 Å². The molecule has 1 fully saturated rings. The third-order valence-electron chi connectivity index (χ3n) is 5.15. The molecular formula is C19H27N3O2. The van der Waals surface area contributed by atoms with E-state index in [1.165, 1.54) is 0 Å². The Hall–Kier alpha value is -1.88. The summed E-state index contributed by atoms with van der Waals surface area (Å²) < 4.78 is 5.30. The topological polar surface area (TPSA) is 49.6 Å². The first-order valence-corrected chi connectivity index (χ1v) is 9.04. The van der Waals surface area contributed by atoms with Gasteiger partial charge in [0.2, 0.25) is 5.91 Å². The highest BCUT2D eigenvalue weighted by atomic mass is 16.5. The minimum absolute atomic E-state index is 0.162. The molecule has 1 amide bonds. The minimum Gasteiger partial charge on any atom is -0.356 e. The molecule has 0 radical (unpaired) electrons. The summed E-state index contributed by atoms with van der Waals surface area (Å²) in [5, 5.41) is 5.02. The maximum atomic E-state index is 12.6. The van der Waals surface area contributed by atoms with Gasteiger partial charge in [0, 0.05) is 25.0 Å². The zero-order valence-electron chi connectivity index (χ0n) is 14.7. The maximum Gasteiger partial charge on any atom is 0.228 e. The minimum atomic E-state index is 0.162. The quantitative estimate of drug-likeness (QED) is 0.817. The Balaban J connectivity index is 1.54. The Morgan fingerprint density at radius 1 is 1.25 bits per heavy atom. The second kappa shape index (κ2) is 7.79. The lowest BCUT2D eigenvalue weighted by Gasteiger charge is -2.34. The Bertz CT molecular complexity index is 670. The Kier molecular flexibility index (Phi) is 5.51. The Labute approximate surface area is 143 Å².